The van der Waals surface area contributed by atoms with Gasteiger partial charge in [0.15, 0.2) is 46.5 Å². The largest absolute Gasteiger partial charge is 0.380 e. The summed E-state index contributed by atoms with van der Waals surface area (Å²) in [6.45, 7) is 11.1. The molecule has 0 unspecified atom stereocenters. The Hall–Kier alpha value is -14.7. The maximum absolute atomic E-state index is 15.4. The molecular weight excluding hydrogens is 1500 g/mol. The van der Waals surface area contributed by atoms with E-state index in [1.165, 1.54) is 0 Å². The zero-order chi connectivity index (χ0) is 81.0. The van der Waals surface area contributed by atoms with Gasteiger partial charge in [0.25, 0.3) is 0 Å². The molecule has 0 saturated heterocycles. The Morgan fingerprint density at radius 2 is 0.560 bits per heavy atom. The molecule has 24 nitrogen and oxygen atoms in total. The number of aryl methyl sites for hydroxylation is 6. The van der Waals surface area contributed by atoms with Gasteiger partial charge >= 0.3 is 0 Å². The zero-order valence-corrected chi connectivity index (χ0v) is 62.7. The molecule has 0 bridgehead atoms. The van der Waals surface area contributed by atoms with Crippen molar-refractivity contribution in [2.24, 2.45) is 0 Å². The van der Waals surface area contributed by atoms with Gasteiger partial charge in [0.05, 0.1) is 83.0 Å². The summed E-state index contributed by atoms with van der Waals surface area (Å²) < 4.78 is 132. The molecule has 0 spiro atoms. The predicted octanol–water partition coefficient (Wildman–Crippen LogP) is 17.9. The molecule has 0 radical (unpaired) electrons. The highest BCUT2D eigenvalue weighted by Crippen LogP contribution is 2.46. The third-order valence-electron chi connectivity index (χ3n) is 19.1. The number of halogens is 8. The fourth-order valence-electron chi connectivity index (χ4n) is 13.8. The average molecular weight is 1570 g/mol. The summed E-state index contributed by atoms with van der Waals surface area (Å²) in [6.07, 6.45) is 8.70. The van der Waals surface area contributed by atoms with E-state index in [1.807, 2.05) is 101 Å². The summed E-state index contributed by atoms with van der Waals surface area (Å²) in [5.74, 6) is -14.5. The quantitative estimate of drug-likeness (QED) is 0.0343. The van der Waals surface area contributed by atoms with E-state index in [4.69, 9.17) is 19.4 Å². The molecule has 0 aliphatic heterocycles. The average Bonchev–Trinajstić information content (AvgIpc) is 0.890. The van der Waals surface area contributed by atoms with Crippen molar-refractivity contribution in [2.45, 2.75) is 54.8 Å². The third-order valence-corrected chi connectivity index (χ3v) is 19.1. The highest BCUT2D eigenvalue weighted by atomic mass is 19.2. The van der Waals surface area contributed by atoms with Gasteiger partial charge in [-0.15, -0.1) is 10.2 Å². The first-order valence-electron chi connectivity index (χ1n) is 35.6. The third kappa shape index (κ3) is 15.5. The van der Waals surface area contributed by atoms with Crippen LogP contribution < -0.4 is 0 Å². The first-order chi connectivity index (χ1) is 56.2. The number of methoxy groups -OCH3 is 2. The van der Waals surface area contributed by atoms with E-state index in [0.717, 1.165) is 185 Å². The van der Waals surface area contributed by atoms with Crippen LogP contribution in [0.1, 0.15) is 45.3 Å². The van der Waals surface area contributed by atoms with Crippen molar-refractivity contribution in [3.63, 3.8) is 0 Å². The second kappa shape index (κ2) is 33.0. The zero-order valence-electron chi connectivity index (χ0n) is 62.7. The number of aromatic amines is 6. The van der Waals surface area contributed by atoms with E-state index in [9.17, 15) is 0 Å². The minimum atomic E-state index is -1.83. The van der Waals surface area contributed by atoms with Crippen molar-refractivity contribution in [1.29, 1.82) is 0 Å². The van der Waals surface area contributed by atoms with Crippen LogP contribution in [0.3, 0.4) is 0 Å². The van der Waals surface area contributed by atoms with Crippen LogP contribution in [0.2, 0.25) is 0 Å². The number of nitrogens with zero attached hydrogens (tertiary/aromatic N) is 16. The van der Waals surface area contributed by atoms with Gasteiger partial charge in [-0.25, -0.2) is 45.1 Å². The molecule has 32 heteroatoms. The molecule has 17 aromatic rings. The Kier molecular flexibility index (Phi) is 21.8. The summed E-state index contributed by atoms with van der Waals surface area (Å²) in [4.78, 5) is 19.1. The fourth-order valence-corrected chi connectivity index (χ4v) is 13.8. The molecule has 0 amide bonds. The van der Waals surface area contributed by atoms with Crippen molar-refractivity contribution in [3.8, 4) is 157 Å². The Bertz CT molecular complexity index is 5890. The number of pyridine rings is 2. The second-order valence-corrected chi connectivity index (χ2v) is 26.8. The minimum Gasteiger partial charge on any atom is -0.380 e. The first kappa shape index (κ1) is 76.7. The topological polar surface area (TPSA) is 319 Å². The van der Waals surface area contributed by atoms with Crippen LogP contribution in [-0.4, -0.2) is 127 Å². The number of rotatable bonds is 18. The van der Waals surface area contributed by atoms with E-state index in [2.05, 4.69) is 177 Å². The number of ether oxygens (including phenoxy) is 2. The van der Waals surface area contributed by atoms with Crippen molar-refractivity contribution >= 4 is 0 Å². The maximum atomic E-state index is 15.4. The van der Waals surface area contributed by atoms with Gasteiger partial charge in [-0.05, 0) is 157 Å². The highest BCUT2D eigenvalue weighted by Gasteiger charge is 2.34. The molecule has 9 aromatic heterocycles. The number of nitrogens with one attached hydrogen (secondary N) is 6. The number of hydrogen-bond acceptors (Lipinski definition) is 18. The molecule has 9 heterocycles. The van der Waals surface area contributed by atoms with E-state index < -0.39 is 105 Å². The van der Waals surface area contributed by atoms with Crippen molar-refractivity contribution in [1.82, 2.24) is 112 Å². The van der Waals surface area contributed by atoms with Crippen LogP contribution in [0.25, 0.3) is 157 Å². The molecule has 0 fully saturated rings. The van der Waals surface area contributed by atoms with Gasteiger partial charge in [-0.2, -0.15) is 61.6 Å². The Labute approximate surface area is 654 Å². The Morgan fingerprint density at radius 3 is 0.845 bits per heavy atom. The van der Waals surface area contributed by atoms with Crippen LogP contribution in [0.4, 0.5) is 35.1 Å². The lowest BCUT2D eigenvalue weighted by Gasteiger charge is -2.20. The molecule has 8 aromatic carbocycles. The van der Waals surface area contributed by atoms with Crippen LogP contribution in [0.15, 0.2) is 183 Å². The lowest BCUT2D eigenvalue weighted by atomic mass is 9.85. The summed E-state index contributed by atoms with van der Waals surface area (Å²) in [5.41, 5.74) is 18.5. The van der Waals surface area contributed by atoms with E-state index >= 15 is 35.1 Å². The maximum Gasteiger partial charge on any atom is 0.172 e. The van der Waals surface area contributed by atoms with Gasteiger partial charge in [-0.3, -0.25) is 20.2 Å². The van der Waals surface area contributed by atoms with Gasteiger partial charge < -0.3 is 9.47 Å². The summed E-state index contributed by atoms with van der Waals surface area (Å²) in [6, 6.07) is 48.3. The number of aromatic nitrogens is 22. The molecular formula is C84H64F8N22O2. The first-order valence-corrected chi connectivity index (χ1v) is 35.6. The Morgan fingerprint density at radius 1 is 0.284 bits per heavy atom. The van der Waals surface area contributed by atoms with E-state index in [-0.39, 0.29) is 11.1 Å². The number of hydrogen-bond donors (Lipinski definition) is 6. The minimum absolute atomic E-state index is 0.252. The predicted molar refractivity (Wildman–Crippen MR) is 416 cm³/mol. The van der Waals surface area contributed by atoms with Gasteiger partial charge in [0.1, 0.15) is 34.2 Å². The SMILES string of the molecule is COCc1cc(-c2c(F)c(F)c(-c3cn[nH]n3)c(F)c2F)c(COC)cc1-c1c(F)c(F)c(-c2cn[nH]n2)c(F)c1F.Cc1cc(-c2cc(-c3ccc(-c4c[nH]nn4)cc3)c(-c3cc(C)nc(C)c3)cc2-c2ccc(-c3c[nH]nn3)cc2)cc(C)n1.Cc1nc(-c2ccc(-c3cn[nH]n3)cc2)c(C)nc1-c1ccc(-c2cn[nH]n2)cc1. The van der Waals surface area contributed by atoms with E-state index in [1.54, 1.807) is 24.8 Å². The molecule has 116 heavy (non-hydrogen) atoms. The molecule has 0 atom stereocenters. The molecule has 0 saturated carbocycles. The fraction of sp³-hybridized carbons (Fsp3) is 0.119. The molecule has 6 N–H and O–H groups in total. The van der Waals surface area contributed by atoms with Crippen LogP contribution in [0.5, 0.6) is 0 Å². The summed E-state index contributed by atoms with van der Waals surface area (Å²) in [5, 5.41) is 60.7. The van der Waals surface area contributed by atoms with Crippen molar-refractivity contribution in [2.75, 3.05) is 14.2 Å². The van der Waals surface area contributed by atoms with Crippen LogP contribution in [-0.2, 0) is 22.7 Å². The normalized spacial score (nSPS) is 11.2. The van der Waals surface area contributed by atoms with Gasteiger partial charge in [-0.1, -0.05) is 107 Å². The van der Waals surface area contributed by atoms with Crippen molar-refractivity contribution < 1.29 is 44.6 Å². The van der Waals surface area contributed by atoms with E-state index in [0.29, 0.717) is 0 Å². The van der Waals surface area contributed by atoms with Crippen molar-refractivity contribution in [3.05, 3.63) is 275 Å². The van der Waals surface area contributed by atoms with Gasteiger partial charge in [0.2, 0.25) is 0 Å². The summed E-state index contributed by atoms with van der Waals surface area (Å²) in [7, 11) is 2.31. The second-order valence-electron chi connectivity index (χ2n) is 26.8. The van der Waals surface area contributed by atoms with Crippen LogP contribution in [0, 0.1) is 88.1 Å². The lowest BCUT2D eigenvalue weighted by Crippen LogP contribution is -2.09. The van der Waals surface area contributed by atoms with Gasteiger partial charge in [0, 0.05) is 82.8 Å². The molecule has 0 aliphatic carbocycles. The molecule has 17 rings (SSSR count). The monoisotopic (exact) mass is 1560 g/mol. The Balaban J connectivity index is 0.000000139. The van der Waals surface area contributed by atoms with Crippen LogP contribution >= 0.6 is 0 Å². The number of H-pyrrole nitrogens is 6. The summed E-state index contributed by atoms with van der Waals surface area (Å²) >= 11 is 0. The molecule has 0 aliphatic rings. The smallest absolute Gasteiger partial charge is 0.172 e. The number of benzene rings is 8. The standard InChI is InChI=1S/C36H30N8.C26H16F8N6O2.C22H18N8/c1-21-13-29(14-22(2)39-21)33-17-32(26-7-11-28(12-8-26)36-20-38-44-42-36)34(30-15-23(3)40-24(4)16-30)18-31(33)25-5-9-27(10-6-25)35-19-37-43-41-35;1-41-7-9-3-12(16-21(29)25(33)18(26(34)22(16)30)14-6-36-40-38-14)10(8-42-2)4-11(9)15-19(27)23(31)17(24(32)20(15)28)13-5-35-39-37-13;1-13-21(17-7-3-15(4-8-17)19-11-23-29-27-19)26-14(2)22(25-13)18-9-5-16(6-10-18)20-12-24-30-28-20/h5-20H,1-4H3,(H,37,41,43)(H,38,42,44);3-6H,7-8H2,1-2H3,(H,35,37,39)(H,36,38,40);3-12H,1-2H3,(H,23,27,29)(H,24,28,30). The lowest BCUT2D eigenvalue weighted by molar-refractivity contribution is 0.183. The molecule has 578 valence electrons. The highest BCUT2D eigenvalue weighted by molar-refractivity contribution is 5.96.